The molecule has 2 heteroatoms. The first-order valence-corrected chi connectivity index (χ1v) is 5.36. The number of nitrogens with zero attached hydrogens (tertiary/aromatic N) is 2. The van der Waals surface area contributed by atoms with Crippen LogP contribution in [0.3, 0.4) is 0 Å². The molecule has 0 N–H and O–H groups in total. The third kappa shape index (κ3) is 1.39. The van der Waals surface area contributed by atoms with Crippen LogP contribution in [0, 0.1) is 0 Å². The van der Waals surface area contributed by atoms with Gasteiger partial charge in [0.1, 0.15) is 0 Å². The molecule has 0 spiro atoms. The SMILES string of the molecule is Cn1cccc1-c1ccc2cccc[n+]2c1. The van der Waals surface area contributed by atoms with Gasteiger partial charge in [-0.25, -0.2) is 0 Å². The number of aromatic nitrogens is 2. The molecule has 0 bridgehead atoms. The number of hydrogen-bond donors (Lipinski definition) is 0. The summed E-state index contributed by atoms with van der Waals surface area (Å²) in [4.78, 5) is 0. The second-order valence-corrected chi connectivity index (χ2v) is 3.95. The van der Waals surface area contributed by atoms with Gasteiger partial charge in [-0.2, -0.15) is 4.40 Å². The Morgan fingerprint density at radius 2 is 1.94 bits per heavy atom. The lowest BCUT2D eigenvalue weighted by Crippen LogP contribution is -2.20. The molecule has 0 aliphatic heterocycles. The van der Waals surface area contributed by atoms with Crippen molar-refractivity contribution >= 4 is 5.52 Å². The summed E-state index contributed by atoms with van der Waals surface area (Å²) < 4.78 is 4.27. The Kier molecular flexibility index (Phi) is 2.00. The maximum atomic E-state index is 2.16. The monoisotopic (exact) mass is 209 g/mol. The highest BCUT2D eigenvalue weighted by molar-refractivity contribution is 5.60. The lowest BCUT2D eigenvalue weighted by molar-refractivity contribution is -0.511. The third-order valence-electron chi connectivity index (χ3n) is 2.87. The molecule has 0 amide bonds. The second-order valence-electron chi connectivity index (χ2n) is 3.95. The zero-order chi connectivity index (χ0) is 11.0. The van der Waals surface area contributed by atoms with Crippen molar-refractivity contribution in [2.24, 2.45) is 7.05 Å². The molecule has 0 saturated carbocycles. The van der Waals surface area contributed by atoms with E-state index in [2.05, 4.69) is 71.0 Å². The van der Waals surface area contributed by atoms with Gasteiger partial charge in [-0.3, -0.25) is 0 Å². The van der Waals surface area contributed by atoms with E-state index in [0.717, 1.165) is 0 Å². The summed E-state index contributed by atoms with van der Waals surface area (Å²) in [7, 11) is 2.06. The van der Waals surface area contributed by atoms with Crippen molar-refractivity contribution in [3.05, 3.63) is 61.1 Å². The zero-order valence-corrected chi connectivity index (χ0v) is 9.17. The summed E-state index contributed by atoms with van der Waals surface area (Å²) in [6.45, 7) is 0. The standard InChI is InChI=1S/C14H13N2/c1-15-9-4-6-14(15)12-7-8-13-5-2-3-10-16(13)11-12/h2-11H,1H3/q+1. The van der Waals surface area contributed by atoms with Crippen molar-refractivity contribution in [3.8, 4) is 11.3 Å². The summed E-state index contributed by atoms with van der Waals surface area (Å²) in [6.07, 6.45) is 6.29. The van der Waals surface area contributed by atoms with Gasteiger partial charge in [-0.15, -0.1) is 0 Å². The van der Waals surface area contributed by atoms with Gasteiger partial charge < -0.3 is 4.57 Å². The molecule has 3 aromatic heterocycles. The van der Waals surface area contributed by atoms with Crippen molar-refractivity contribution < 1.29 is 4.40 Å². The fourth-order valence-electron chi connectivity index (χ4n) is 2.01. The molecule has 0 unspecified atom stereocenters. The van der Waals surface area contributed by atoms with Crippen LogP contribution in [0.15, 0.2) is 61.1 Å². The average Bonchev–Trinajstić information content (AvgIpc) is 2.75. The summed E-state index contributed by atoms with van der Waals surface area (Å²) in [5, 5.41) is 0. The van der Waals surface area contributed by atoms with E-state index < -0.39 is 0 Å². The Hall–Kier alpha value is -2.09. The van der Waals surface area contributed by atoms with Crippen LogP contribution in [0.5, 0.6) is 0 Å². The highest BCUT2D eigenvalue weighted by Crippen LogP contribution is 2.17. The van der Waals surface area contributed by atoms with E-state index in [1.165, 1.54) is 16.8 Å². The lowest BCUT2D eigenvalue weighted by Gasteiger charge is -2.01. The molecule has 0 aliphatic carbocycles. The highest BCUT2D eigenvalue weighted by Gasteiger charge is 2.06. The van der Waals surface area contributed by atoms with Crippen LogP contribution in [0.4, 0.5) is 0 Å². The molecule has 3 aromatic rings. The molecular formula is C14H13N2+. The molecule has 16 heavy (non-hydrogen) atoms. The normalized spacial score (nSPS) is 10.8. The number of rotatable bonds is 1. The molecule has 0 aliphatic rings. The van der Waals surface area contributed by atoms with Crippen LogP contribution in [0.2, 0.25) is 0 Å². The van der Waals surface area contributed by atoms with Crippen LogP contribution in [0.1, 0.15) is 0 Å². The largest absolute Gasteiger partial charge is 0.350 e. The second kappa shape index (κ2) is 3.49. The van der Waals surface area contributed by atoms with Crippen molar-refractivity contribution in [3.63, 3.8) is 0 Å². The minimum atomic E-state index is 1.21. The number of aryl methyl sites for hydroxylation is 1. The van der Waals surface area contributed by atoms with E-state index in [-0.39, 0.29) is 0 Å². The van der Waals surface area contributed by atoms with Crippen LogP contribution >= 0.6 is 0 Å². The quantitative estimate of drug-likeness (QED) is 0.544. The first-order chi connectivity index (χ1) is 7.84. The van der Waals surface area contributed by atoms with E-state index in [9.17, 15) is 0 Å². The first-order valence-electron chi connectivity index (χ1n) is 5.36. The molecule has 2 nitrogen and oxygen atoms in total. The van der Waals surface area contributed by atoms with Crippen molar-refractivity contribution in [1.29, 1.82) is 0 Å². The molecule has 78 valence electrons. The summed E-state index contributed by atoms with van der Waals surface area (Å²) >= 11 is 0. The fourth-order valence-corrected chi connectivity index (χ4v) is 2.01. The Morgan fingerprint density at radius 1 is 1.00 bits per heavy atom. The van der Waals surface area contributed by atoms with E-state index in [1.807, 2.05) is 6.07 Å². The Bertz CT molecular complexity index is 638. The molecule has 0 atom stereocenters. The van der Waals surface area contributed by atoms with Gasteiger partial charge in [0.05, 0.1) is 11.3 Å². The highest BCUT2D eigenvalue weighted by atomic mass is 14.9. The van der Waals surface area contributed by atoms with Gasteiger partial charge in [0.2, 0.25) is 5.52 Å². The Labute approximate surface area is 94.4 Å². The van der Waals surface area contributed by atoms with E-state index in [0.29, 0.717) is 0 Å². The van der Waals surface area contributed by atoms with Crippen LogP contribution in [-0.2, 0) is 7.05 Å². The molecule has 3 rings (SSSR count). The van der Waals surface area contributed by atoms with Gasteiger partial charge in [-0.05, 0) is 24.3 Å². The maximum Gasteiger partial charge on any atom is 0.210 e. The smallest absolute Gasteiger partial charge is 0.210 e. The predicted octanol–water partition coefficient (Wildman–Crippen LogP) is 2.43. The van der Waals surface area contributed by atoms with Gasteiger partial charge >= 0.3 is 0 Å². The van der Waals surface area contributed by atoms with E-state index in [1.54, 1.807) is 0 Å². The maximum absolute atomic E-state index is 2.16. The third-order valence-corrected chi connectivity index (χ3v) is 2.87. The van der Waals surface area contributed by atoms with Crippen LogP contribution in [-0.4, -0.2) is 4.57 Å². The topological polar surface area (TPSA) is 9.03 Å². The van der Waals surface area contributed by atoms with Gasteiger partial charge in [-0.1, -0.05) is 0 Å². The molecule has 0 radical (unpaired) electrons. The van der Waals surface area contributed by atoms with Crippen LogP contribution < -0.4 is 4.40 Å². The molecule has 0 fully saturated rings. The number of pyridine rings is 2. The number of fused-ring (bicyclic) bond motifs is 1. The molecule has 3 heterocycles. The summed E-state index contributed by atoms with van der Waals surface area (Å²) in [5.41, 5.74) is 3.68. The lowest BCUT2D eigenvalue weighted by atomic mass is 10.2. The fraction of sp³-hybridized carbons (Fsp3) is 0.0714. The van der Waals surface area contributed by atoms with Gasteiger partial charge in [0, 0.05) is 31.4 Å². The molecule has 0 aromatic carbocycles. The van der Waals surface area contributed by atoms with Crippen LogP contribution in [0.25, 0.3) is 16.8 Å². The minimum absolute atomic E-state index is 1.21. The van der Waals surface area contributed by atoms with Crippen molar-refractivity contribution in [2.45, 2.75) is 0 Å². The zero-order valence-electron chi connectivity index (χ0n) is 9.17. The summed E-state index contributed by atoms with van der Waals surface area (Å²) in [6, 6.07) is 14.7. The Morgan fingerprint density at radius 3 is 2.75 bits per heavy atom. The first kappa shape index (κ1) is 9.16. The number of hydrogen-bond acceptors (Lipinski definition) is 0. The average molecular weight is 209 g/mol. The minimum Gasteiger partial charge on any atom is -0.350 e. The van der Waals surface area contributed by atoms with Gasteiger partial charge in [0.15, 0.2) is 12.4 Å². The van der Waals surface area contributed by atoms with Crippen molar-refractivity contribution in [1.82, 2.24) is 4.57 Å². The van der Waals surface area contributed by atoms with E-state index >= 15 is 0 Å². The molecular weight excluding hydrogens is 196 g/mol. The summed E-state index contributed by atoms with van der Waals surface area (Å²) in [5.74, 6) is 0. The molecule has 0 saturated heterocycles. The predicted molar refractivity (Wildman–Crippen MR) is 64.0 cm³/mol. The Balaban J connectivity index is 2.23. The van der Waals surface area contributed by atoms with Gasteiger partial charge in [0.25, 0.3) is 0 Å². The van der Waals surface area contributed by atoms with E-state index in [4.69, 9.17) is 0 Å². The van der Waals surface area contributed by atoms with Crippen molar-refractivity contribution in [2.75, 3.05) is 0 Å².